The van der Waals surface area contributed by atoms with E-state index in [1.807, 2.05) is 30.3 Å². The molecule has 3 rings (SSSR count). The van der Waals surface area contributed by atoms with Gasteiger partial charge in [0, 0.05) is 13.1 Å². The number of nitrogens with zero attached hydrogens (tertiary/aromatic N) is 3. The predicted molar refractivity (Wildman–Crippen MR) is 134 cm³/mol. The summed E-state index contributed by atoms with van der Waals surface area (Å²) in [5.74, 6) is -1.43. The van der Waals surface area contributed by atoms with Gasteiger partial charge in [-0.05, 0) is 51.1 Å². The Morgan fingerprint density at radius 1 is 1.03 bits per heavy atom. The zero-order valence-electron chi connectivity index (χ0n) is 20.5. The molecule has 1 aromatic heterocycles. The second kappa shape index (κ2) is 10.8. The third kappa shape index (κ3) is 5.28. The largest absolute Gasteiger partial charge is 0.492 e. The normalized spacial score (nSPS) is 11.5. The number of nitrogens with one attached hydrogen (secondary N) is 1. The van der Waals surface area contributed by atoms with E-state index in [4.69, 9.17) is 4.74 Å². The number of ketones is 1. The van der Waals surface area contributed by atoms with Crippen LogP contribution in [0.2, 0.25) is 0 Å². The van der Waals surface area contributed by atoms with Gasteiger partial charge < -0.3 is 10.1 Å². The van der Waals surface area contributed by atoms with Crippen molar-refractivity contribution >= 4 is 27.4 Å². The number of Topliss-reactive ketones (excluding diaryl/α,β-unsaturated/α-hetero) is 1. The second-order valence-corrected chi connectivity index (χ2v) is 9.69. The monoisotopic (exact) mass is 498 g/mol. The van der Waals surface area contributed by atoms with Gasteiger partial charge in [-0.15, -0.1) is 0 Å². The number of para-hydroxylation sites is 1. The van der Waals surface area contributed by atoms with E-state index in [2.05, 4.69) is 10.4 Å². The zero-order valence-corrected chi connectivity index (χ0v) is 21.3. The number of sulfonamides is 1. The number of ether oxygens (including phenoxy) is 1. The molecule has 35 heavy (non-hydrogen) atoms. The lowest BCUT2D eigenvalue weighted by molar-refractivity contribution is -0.112. The maximum Gasteiger partial charge on any atom is 0.297 e. The van der Waals surface area contributed by atoms with Crippen molar-refractivity contribution in [3.8, 4) is 11.4 Å². The van der Waals surface area contributed by atoms with Crippen LogP contribution in [0.1, 0.15) is 42.5 Å². The van der Waals surface area contributed by atoms with E-state index < -0.39 is 21.7 Å². The van der Waals surface area contributed by atoms with E-state index in [0.717, 1.165) is 5.69 Å². The second-order valence-electron chi connectivity index (χ2n) is 7.76. The molecular weight excluding hydrogens is 468 g/mol. The summed E-state index contributed by atoms with van der Waals surface area (Å²) >= 11 is 0. The van der Waals surface area contributed by atoms with Gasteiger partial charge in [0.05, 0.1) is 39.8 Å². The van der Waals surface area contributed by atoms with Crippen LogP contribution in [0.25, 0.3) is 5.69 Å². The average molecular weight is 499 g/mol. The Kier molecular flexibility index (Phi) is 8.08. The van der Waals surface area contributed by atoms with E-state index in [0.29, 0.717) is 31.1 Å². The number of benzene rings is 2. The molecule has 0 radical (unpaired) electrons. The van der Waals surface area contributed by atoms with Gasteiger partial charge in [-0.2, -0.15) is 9.40 Å². The standard InChI is InChI=1S/C25H30N4O5S/c1-6-28(7-2)35(32,33)20-14-15-22(34-8-3)21(16-20)26-25(31)24(30)23-17(4)27-29(18(23)5)19-12-10-9-11-13-19/h9-16H,6-8H2,1-5H3,(H,26,31). The van der Waals surface area contributed by atoms with Crippen LogP contribution in [0.3, 0.4) is 0 Å². The topological polar surface area (TPSA) is 111 Å². The number of amides is 1. The summed E-state index contributed by atoms with van der Waals surface area (Å²) in [6.07, 6.45) is 0. The molecule has 0 saturated heterocycles. The van der Waals surface area contributed by atoms with Crippen LogP contribution in [0.15, 0.2) is 53.4 Å². The number of rotatable bonds is 10. The highest BCUT2D eigenvalue weighted by molar-refractivity contribution is 7.89. The van der Waals surface area contributed by atoms with Gasteiger partial charge >= 0.3 is 0 Å². The molecule has 0 aliphatic heterocycles. The molecule has 1 amide bonds. The maximum absolute atomic E-state index is 13.2. The molecule has 0 saturated carbocycles. The molecule has 1 N–H and O–H groups in total. The van der Waals surface area contributed by atoms with Crippen molar-refractivity contribution in [3.63, 3.8) is 0 Å². The minimum Gasteiger partial charge on any atom is -0.492 e. The van der Waals surface area contributed by atoms with E-state index in [9.17, 15) is 18.0 Å². The first kappa shape index (κ1) is 26.1. The minimum atomic E-state index is -3.78. The van der Waals surface area contributed by atoms with Crippen molar-refractivity contribution in [2.24, 2.45) is 0 Å². The Balaban J connectivity index is 1.96. The fourth-order valence-electron chi connectivity index (χ4n) is 3.85. The van der Waals surface area contributed by atoms with E-state index in [-0.39, 0.29) is 21.9 Å². The molecule has 10 heteroatoms. The quantitative estimate of drug-likeness (QED) is 0.337. The van der Waals surface area contributed by atoms with Crippen LogP contribution in [0.4, 0.5) is 5.69 Å². The summed E-state index contributed by atoms with van der Waals surface area (Å²) in [5, 5.41) is 6.98. The molecule has 0 spiro atoms. The SMILES string of the molecule is CCOc1ccc(S(=O)(=O)N(CC)CC)cc1NC(=O)C(=O)c1c(C)nn(-c2ccccc2)c1C. The number of hydrogen-bond donors (Lipinski definition) is 1. The van der Waals surface area contributed by atoms with Gasteiger partial charge in [-0.3, -0.25) is 9.59 Å². The lowest BCUT2D eigenvalue weighted by Gasteiger charge is -2.20. The molecule has 2 aromatic carbocycles. The number of aromatic nitrogens is 2. The highest BCUT2D eigenvalue weighted by atomic mass is 32.2. The fraction of sp³-hybridized carbons (Fsp3) is 0.320. The first-order chi connectivity index (χ1) is 16.6. The molecule has 0 bridgehead atoms. The zero-order chi connectivity index (χ0) is 25.8. The minimum absolute atomic E-state index is 0.00309. The smallest absolute Gasteiger partial charge is 0.297 e. The Morgan fingerprint density at radius 3 is 2.29 bits per heavy atom. The molecule has 0 atom stereocenters. The lowest BCUT2D eigenvalue weighted by Crippen LogP contribution is -2.30. The first-order valence-electron chi connectivity index (χ1n) is 11.4. The van der Waals surface area contributed by atoms with Crippen LogP contribution in [-0.4, -0.2) is 53.9 Å². The summed E-state index contributed by atoms with van der Waals surface area (Å²) in [4.78, 5) is 26.2. The molecule has 0 aliphatic rings. The van der Waals surface area contributed by atoms with Gasteiger partial charge in [0.1, 0.15) is 5.75 Å². The van der Waals surface area contributed by atoms with Gasteiger partial charge in [0.25, 0.3) is 11.7 Å². The molecule has 0 fully saturated rings. The van der Waals surface area contributed by atoms with Crippen molar-refractivity contribution in [1.29, 1.82) is 0 Å². The number of carbonyl (C=O) groups is 2. The summed E-state index contributed by atoms with van der Waals surface area (Å²) in [5.41, 5.74) is 1.99. The summed E-state index contributed by atoms with van der Waals surface area (Å²) in [6.45, 7) is 9.54. The van der Waals surface area contributed by atoms with E-state index in [1.54, 1.807) is 39.3 Å². The van der Waals surface area contributed by atoms with E-state index in [1.165, 1.54) is 22.5 Å². The van der Waals surface area contributed by atoms with Gasteiger partial charge in [0.15, 0.2) is 0 Å². The third-order valence-electron chi connectivity index (χ3n) is 5.57. The summed E-state index contributed by atoms with van der Waals surface area (Å²) in [6, 6.07) is 13.5. The molecule has 1 heterocycles. The number of hydrogen-bond acceptors (Lipinski definition) is 6. The molecule has 3 aromatic rings. The van der Waals surface area contributed by atoms with Crippen molar-refractivity contribution in [1.82, 2.24) is 14.1 Å². The predicted octanol–water partition coefficient (Wildman–Crippen LogP) is 3.74. The highest BCUT2D eigenvalue weighted by Gasteiger charge is 2.27. The molecule has 0 unspecified atom stereocenters. The number of anilines is 1. The van der Waals surface area contributed by atoms with Crippen molar-refractivity contribution in [2.45, 2.75) is 39.5 Å². The first-order valence-corrected chi connectivity index (χ1v) is 12.8. The lowest BCUT2D eigenvalue weighted by atomic mass is 10.1. The Labute approximate surface area is 205 Å². The maximum atomic E-state index is 13.2. The van der Waals surface area contributed by atoms with Crippen molar-refractivity contribution < 1.29 is 22.7 Å². The van der Waals surface area contributed by atoms with E-state index >= 15 is 0 Å². The van der Waals surface area contributed by atoms with Crippen molar-refractivity contribution in [2.75, 3.05) is 25.0 Å². The molecular formula is C25H30N4O5S. The van der Waals surface area contributed by atoms with Crippen LogP contribution >= 0.6 is 0 Å². The van der Waals surface area contributed by atoms with Crippen LogP contribution < -0.4 is 10.1 Å². The Morgan fingerprint density at radius 2 is 1.69 bits per heavy atom. The summed E-state index contributed by atoms with van der Waals surface area (Å²) in [7, 11) is -3.78. The molecule has 186 valence electrons. The fourth-order valence-corrected chi connectivity index (χ4v) is 5.33. The van der Waals surface area contributed by atoms with Gasteiger partial charge in [-0.1, -0.05) is 32.0 Å². The van der Waals surface area contributed by atoms with Crippen LogP contribution in [0, 0.1) is 13.8 Å². The highest BCUT2D eigenvalue weighted by Crippen LogP contribution is 2.30. The number of carbonyl (C=O) groups excluding carboxylic acids is 2. The molecule has 9 nitrogen and oxygen atoms in total. The third-order valence-corrected chi connectivity index (χ3v) is 7.61. The summed E-state index contributed by atoms with van der Waals surface area (Å²) < 4.78 is 34.4. The number of aryl methyl sites for hydroxylation is 1. The van der Waals surface area contributed by atoms with Gasteiger partial charge in [0.2, 0.25) is 10.0 Å². The average Bonchev–Trinajstić information content (AvgIpc) is 3.14. The van der Waals surface area contributed by atoms with Crippen LogP contribution in [-0.2, 0) is 14.8 Å². The molecule has 0 aliphatic carbocycles. The van der Waals surface area contributed by atoms with Crippen molar-refractivity contribution in [3.05, 3.63) is 65.5 Å². The Hall–Kier alpha value is -3.50. The van der Waals surface area contributed by atoms with Crippen LogP contribution in [0.5, 0.6) is 5.75 Å². The van der Waals surface area contributed by atoms with Gasteiger partial charge in [-0.25, -0.2) is 13.1 Å². The Bertz CT molecular complexity index is 1330.